The van der Waals surface area contributed by atoms with Crippen molar-refractivity contribution in [3.8, 4) is 0 Å². The van der Waals surface area contributed by atoms with Gasteiger partial charge in [0.15, 0.2) is 0 Å². The molecule has 0 spiro atoms. The lowest BCUT2D eigenvalue weighted by Gasteiger charge is -2.25. The number of rotatable bonds is 7. The maximum absolute atomic E-state index is 13.1. The molecule has 0 bridgehead atoms. The van der Waals surface area contributed by atoms with E-state index in [1.54, 1.807) is 6.07 Å². The van der Waals surface area contributed by atoms with Crippen LogP contribution >= 0.6 is 0 Å². The number of benzene rings is 2. The van der Waals surface area contributed by atoms with Crippen molar-refractivity contribution in [1.29, 1.82) is 0 Å². The Bertz CT molecular complexity index is 809. The summed E-state index contributed by atoms with van der Waals surface area (Å²) >= 11 is 0. The van der Waals surface area contributed by atoms with Gasteiger partial charge in [-0.2, -0.15) is 13.2 Å². The number of likely N-dealkylation sites (tertiary alicyclic amines) is 1. The fourth-order valence-corrected chi connectivity index (χ4v) is 5.59. The van der Waals surface area contributed by atoms with Crippen molar-refractivity contribution in [3.05, 3.63) is 71.3 Å². The molecule has 162 valence electrons. The molecule has 0 aromatic heterocycles. The number of aliphatic hydroxyl groups excluding tert-OH is 1. The van der Waals surface area contributed by atoms with Gasteiger partial charge >= 0.3 is 6.18 Å². The summed E-state index contributed by atoms with van der Waals surface area (Å²) in [5.41, 5.74) is 1.48. The van der Waals surface area contributed by atoms with Gasteiger partial charge in [0.25, 0.3) is 0 Å². The van der Waals surface area contributed by atoms with Crippen LogP contribution in [-0.2, 0) is 12.6 Å². The van der Waals surface area contributed by atoms with Gasteiger partial charge in [0.1, 0.15) is 0 Å². The first-order valence-corrected chi connectivity index (χ1v) is 11.0. The number of hydrogen-bond donors (Lipinski definition) is 1. The highest BCUT2D eigenvalue weighted by molar-refractivity contribution is 5.28. The number of aliphatic hydroxyl groups is 1. The van der Waals surface area contributed by atoms with Gasteiger partial charge in [-0.05, 0) is 66.5 Å². The van der Waals surface area contributed by atoms with Crippen molar-refractivity contribution in [2.45, 2.75) is 37.8 Å². The Morgan fingerprint density at radius 1 is 0.967 bits per heavy atom. The molecule has 1 saturated carbocycles. The summed E-state index contributed by atoms with van der Waals surface area (Å²) in [6.07, 6.45) is -0.220. The zero-order valence-electron chi connectivity index (χ0n) is 17.2. The zero-order valence-corrected chi connectivity index (χ0v) is 17.2. The zero-order chi connectivity index (χ0) is 21.1. The molecule has 5 heteroatoms. The Morgan fingerprint density at radius 2 is 1.67 bits per heavy atom. The van der Waals surface area contributed by atoms with Crippen LogP contribution < -0.4 is 0 Å². The largest absolute Gasteiger partial charge is 0.416 e. The fourth-order valence-electron chi connectivity index (χ4n) is 5.59. The second-order valence-corrected chi connectivity index (χ2v) is 9.10. The van der Waals surface area contributed by atoms with Gasteiger partial charge in [-0.1, -0.05) is 48.5 Å². The smallest absolute Gasteiger partial charge is 0.396 e. The van der Waals surface area contributed by atoms with Gasteiger partial charge in [-0.15, -0.1) is 0 Å². The molecule has 2 aromatic carbocycles. The number of hydrogen-bond acceptors (Lipinski definition) is 2. The van der Waals surface area contributed by atoms with Crippen molar-refractivity contribution in [3.63, 3.8) is 0 Å². The highest BCUT2D eigenvalue weighted by atomic mass is 19.4. The third kappa shape index (κ3) is 5.06. The van der Waals surface area contributed by atoms with E-state index in [2.05, 4.69) is 35.2 Å². The van der Waals surface area contributed by atoms with Crippen LogP contribution in [0.4, 0.5) is 13.2 Å². The quantitative estimate of drug-likeness (QED) is 0.655. The third-order valence-electron chi connectivity index (χ3n) is 6.93. The first-order valence-electron chi connectivity index (χ1n) is 11.0. The third-order valence-corrected chi connectivity index (χ3v) is 6.93. The lowest BCUT2D eigenvalue weighted by atomic mass is 9.93. The molecular weight excluding hydrogens is 387 g/mol. The molecule has 2 aliphatic rings. The van der Waals surface area contributed by atoms with Gasteiger partial charge < -0.3 is 10.0 Å². The topological polar surface area (TPSA) is 23.5 Å². The molecule has 2 unspecified atom stereocenters. The Labute approximate surface area is 176 Å². The maximum atomic E-state index is 13.1. The number of fused-ring (bicyclic) bond motifs is 1. The lowest BCUT2D eigenvalue weighted by molar-refractivity contribution is -0.137. The second-order valence-electron chi connectivity index (χ2n) is 9.10. The van der Waals surface area contributed by atoms with Crippen LogP contribution in [-0.4, -0.2) is 36.2 Å². The summed E-state index contributed by atoms with van der Waals surface area (Å²) in [5, 5.41) is 9.50. The van der Waals surface area contributed by atoms with Crippen LogP contribution in [0, 0.1) is 17.8 Å². The number of nitrogens with zero attached hydrogens (tertiary/aromatic N) is 1. The molecular formula is C25H30F3NO. The minimum absolute atomic E-state index is 0.0131. The summed E-state index contributed by atoms with van der Waals surface area (Å²) in [5.74, 6) is 2.04. The van der Waals surface area contributed by atoms with Crippen LogP contribution in [0.25, 0.3) is 0 Å². The molecule has 4 atom stereocenters. The van der Waals surface area contributed by atoms with Gasteiger partial charge in [-0.25, -0.2) is 0 Å². The first-order chi connectivity index (χ1) is 14.4. The van der Waals surface area contributed by atoms with Crippen LogP contribution in [0.15, 0.2) is 54.6 Å². The molecule has 2 aromatic rings. The average Bonchev–Trinajstić information content (AvgIpc) is 3.26. The average molecular weight is 418 g/mol. The predicted molar refractivity (Wildman–Crippen MR) is 112 cm³/mol. The molecule has 1 N–H and O–H groups in total. The highest BCUT2D eigenvalue weighted by Crippen LogP contribution is 2.43. The first kappa shape index (κ1) is 21.4. The molecule has 1 aliphatic carbocycles. The molecule has 0 radical (unpaired) electrons. The molecule has 0 amide bonds. The molecule has 1 saturated heterocycles. The minimum atomic E-state index is -4.34. The van der Waals surface area contributed by atoms with Gasteiger partial charge in [0, 0.05) is 26.2 Å². The summed E-state index contributed by atoms with van der Waals surface area (Å²) < 4.78 is 39.3. The molecule has 1 heterocycles. The predicted octanol–water partition coefficient (Wildman–Crippen LogP) is 5.37. The van der Waals surface area contributed by atoms with Crippen molar-refractivity contribution in [1.82, 2.24) is 4.90 Å². The van der Waals surface area contributed by atoms with E-state index in [1.165, 1.54) is 30.5 Å². The number of halogens is 3. The van der Waals surface area contributed by atoms with Crippen LogP contribution in [0.1, 0.15) is 41.9 Å². The van der Waals surface area contributed by atoms with Crippen LogP contribution in [0.2, 0.25) is 0 Å². The van der Waals surface area contributed by atoms with Crippen molar-refractivity contribution >= 4 is 0 Å². The van der Waals surface area contributed by atoms with Crippen molar-refractivity contribution in [2.75, 3.05) is 26.2 Å². The van der Waals surface area contributed by atoms with E-state index in [1.807, 2.05) is 0 Å². The Hall–Kier alpha value is -1.85. The second kappa shape index (κ2) is 9.11. The molecule has 2 nitrogen and oxygen atoms in total. The standard InChI is InChI=1S/C25H30F3NO/c26-25(27,28)24-8-4-7-20(14-24)21(9-10-30)15-29-16-22-12-19(13-23(22)17-29)11-18-5-2-1-3-6-18/h1-8,14,19,21-23,30H,9-13,15-17H2/t19?,21?,22-,23+. The monoisotopic (exact) mass is 417 g/mol. The van der Waals surface area contributed by atoms with Crippen LogP contribution in [0.3, 0.4) is 0 Å². The molecule has 1 aliphatic heterocycles. The van der Waals surface area contributed by atoms with Gasteiger partial charge in [-0.3, -0.25) is 0 Å². The van der Waals surface area contributed by atoms with E-state index >= 15 is 0 Å². The van der Waals surface area contributed by atoms with E-state index in [0.717, 1.165) is 38.0 Å². The molecule has 2 fully saturated rings. The summed E-state index contributed by atoms with van der Waals surface area (Å²) in [6.45, 7) is 2.76. The Morgan fingerprint density at radius 3 is 2.30 bits per heavy atom. The lowest BCUT2D eigenvalue weighted by Crippen LogP contribution is -2.28. The summed E-state index contributed by atoms with van der Waals surface area (Å²) in [7, 11) is 0. The fraction of sp³-hybridized carbons (Fsp3) is 0.520. The Kier molecular flexibility index (Phi) is 6.49. The summed E-state index contributed by atoms with van der Waals surface area (Å²) in [6, 6.07) is 16.3. The van der Waals surface area contributed by atoms with E-state index in [-0.39, 0.29) is 12.5 Å². The van der Waals surface area contributed by atoms with Crippen LogP contribution in [0.5, 0.6) is 0 Å². The Balaban J connectivity index is 1.36. The maximum Gasteiger partial charge on any atom is 0.416 e. The van der Waals surface area contributed by atoms with Gasteiger partial charge in [0.2, 0.25) is 0 Å². The van der Waals surface area contributed by atoms with E-state index in [4.69, 9.17) is 0 Å². The SMILES string of the molecule is OCCC(CN1C[C@H]2CC(Cc3ccccc3)C[C@H]2C1)c1cccc(C(F)(F)F)c1. The molecule has 30 heavy (non-hydrogen) atoms. The van der Waals surface area contributed by atoms with Crippen molar-refractivity contribution in [2.24, 2.45) is 17.8 Å². The van der Waals surface area contributed by atoms with E-state index in [0.29, 0.717) is 23.8 Å². The molecule has 4 rings (SSSR count). The van der Waals surface area contributed by atoms with Gasteiger partial charge in [0.05, 0.1) is 5.56 Å². The van der Waals surface area contributed by atoms with Crippen molar-refractivity contribution < 1.29 is 18.3 Å². The minimum Gasteiger partial charge on any atom is -0.396 e. The highest BCUT2D eigenvalue weighted by Gasteiger charge is 2.41. The summed E-state index contributed by atoms with van der Waals surface area (Å²) in [4.78, 5) is 2.41. The van der Waals surface area contributed by atoms with E-state index in [9.17, 15) is 18.3 Å². The normalized spacial score (nSPS) is 25.4. The number of alkyl halides is 3. The van der Waals surface area contributed by atoms with E-state index < -0.39 is 11.7 Å².